The number of nitrogens with one attached hydrogen (secondary N) is 2. The largest absolute Gasteiger partial charge is 0.467 e. The van der Waals surface area contributed by atoms with Gasteiger partial charge in [-0.1, -0.05) is 13.8 Å². The van der Waals surface area contributed by atoms with Gasteiger partial charge in [-0.25, -0.2) is 0 Å². The summed E-state index contributed by atoms with van der Waals surface area (Å²) in [7, 11) is 0. The first kappa shape index (κ1) is 25.2. The molecule has 0 aromatic carbocycles. The van der Waals surface area contributed by atoms with Gasteiger partial charge in [-0.2, -0.15) is 0 Å². The van der Waals surface area contributed by atoms with E-state index in [1.807, 2.05) is 12.1 Å². The Morgan fingerprint density at radius 2 is 2.07 bits per heavy atom. The molecular formula is C20H37IN4O3. The SMILES string of the molecule is CCNC(=NCC(C(C)C)N1CCOCC1)NCCCOCc1ccco1.I. The molecule has 1 aromatic rings. The number of morpholine rings is 1. The first-order chi connectivity index (χ1) is 13.2. The normalized spacial score (nSPS) is 16.6. The van der Waals surface area contributed by atoms with Crippen molar-refractivity contribution in [3.8, 4) is 0 Å². The van der Waals surface area contributed by atoms with Crippen LogP contribution in [0, 0.1) is 5.92 Å². The molecule has 0 amide bonds. The molecule has 1 fully saturated rings. The highest BCUT2D eigenvalue weighted by Crippen LogP contribution is 2.13. The first-order valence-electron chi connectivity index (χ1n) is 10.1. The zero-order valence-electron chi connectivity index (χ0n) is 17.5. The Bertz CT molecular complexity index is 520. The van der Waals surface area contributed by atoms with Crippen LogP contribution in [0.5, 0.6) is 0 Å². The van der Waals surface area contributed by atoms with Crippen molar-refractivity contribution in [2.75, 3.05) is 52.5 Å². The van der Waals surface area contributed by atoms with Crippen LogP contribution in [0.4, 0.5) is 0 Å². The van der Waals surface area contributed by atoms with E-state index in [2.05, 4.69) is 36.3 Å². The first-order valence-corrected chi connectivity index (χ1v) is 10.1. The second-order valence-electron chi connectivity index (χ2n) is 7.09. The lowest BCUT2D eigenvalue weighted by Gasteiger charge is -2.36. The molecule has 1 aliphatic rings. The molecule has 0 saturated carbocycles. The Hall–Kier alpha value is -0.840. The highest BCUT2D eigenvalue weighted by molar-refractivity contribution is 14.0. The molecule has 1 atom stereocenters. The molecule has 2 rings (SSSR count). The van der Waals surface area contributed by atoms with Crippen LogP contribution < -0.4 is 10.6 Å². The van der Waals surface area contributed by atoms with Crippen LogP contribution in [-0.2, 0) is 16.1 Å². The van der Waals surface area contributed by atoms with Crippen molar-refractivity contribution in [3.63, 3.8) is 0 Å². The van der Waals surface area contributed by atoms with Gasteiger partial charge in [0.2, 0.25) is 0 Å². The fourth-order valence-corrected chi connectivity index (χ4v) is 3.13. The molecule has 28 heavy (non-hydrogen) atoms. The van der Waals surface area contributed by atoms with Crippen LogP contribution in [0.15, 0.2) is 27.8 Å². The summed E-state index contributed by atoms with van der Waals surface area (Å²) in [5.74, 6) is 2.30. The van der Waals surface area contributed by atoms with E-state index >= 15 is 0 Å². The van der Waals surface area contributed by atoms with Gasteiger partial charge in [-0.15, -0.1) is 24.0 Å². The van der Waals surface area contributed by atoms with Crippen molar-refractivity contribution in [3.05, 3.63) is 24.2 Å². The maximum Gasteiger partial charge on any atom is 0.191 e. The Balaban J connectivity index is 0.00000392. The minimum Gasteiger partial charge on any atom is -0.467 e. The molecular weight excluding hydrogens is 471 g/mol. The quantitative estimate of drug-likeness (QED) is 0.207. The molecule has 2 N–H and O–H groups in total. The van der Waals surface area contributed by atoms with Gasteiger partial charge < -0.3 is 24.5 Å². The van der Waals surface area contributed by atoms with Crippen LogP contribution in [0.3, 0.4) is 0 Å². The number of ether oxygens (including phenoxy) is 2. The highest BCUT2D eigenvalue weighted by Gasteiger charge is 2.23. The van der Waals surface area contributed by atoms with E-state index in [9.17, 15) is 0 Å². The molecule has 2 heterocycles. The van der Waals surface area contributed by atoms with E-state index < -0.39 is 0 Å². The van der Waals surface area contributed by atoms with Crippen LogP contribution in [0.1, 0.15) is 33.0 Å². The Morgan fingerprint density at radius 1 is 1.29 bits per heavy atom. The summed E-state index contributed by atoms with van der Waals surface area (Å²) >= 11 is 0. The standard InChI is InChI=1S/C20H36N4O3.HI/c1-4-21-20(22-8-6-11-26-16-18-7-5-12-27-18)23-15-19(17(2)3)24-9-13-25-14-10-24;/h5,7,12,17,19H,4,6,8-11,13-16H2,1-3H3,(H2,21,22,23);1H. The molecule has 0 spiro atoms. The van der Waals surface area contributed by atoms with E-state index in [1.54, 1.807) is 6.26 Å². The summed E-state index contributed by atoms with van der Waals surface area (Å²) in [6.07, 6.45) is 2.59. The second kappa shape index (κ2) is 15.1. The number of guanidine groups is 1. The van der Waals surface area contributed by atoms with Gasteiger partial charge in [0, 0.05) is 38.8 Å². The molecule has 1 aliphatic heterocycles. The predicted octanol–water partition coefficient (Wildman–Crippen LogP) is 2.72. The zero-order valence-corrected chi connectivity index (χ0v) is 19.8. The van der Waals surface area contributed by atoms with Crippen LogP contribution in [0.25, 0.3) is 0 Å². The Kier molecular flexibility index (Phi) is 13.6. The molecule has 1 aromatic heterocycles. The zero-order chi connectivity index (χ0) is 19.3. The van der Waals surface area contributed by atoms with Crippen molar-refractivity contribution < 1.29 is 13.9 Å². The molecule has 7 nitrogen and oxygen atoms in total. The molecule has 1 saturated heterocycles. The third kappa shape index (κ3) is 9.58. The fraction of sp³-hybridized carbons (Fsp3) is 0.750. The summed E-state index contributed by atoms with van der Waals surface area (Å²) < 4.78 is 16.4. The van der Waals surface area contributed by atoms with Gasteiger partial charge in [0.25, 0.3) is 0 Å². The van der Waals surface area contributed by atoms with E-state index in [1.165, 1.54) is 0 Å². The van der Waals surface area contributed by atoms with Gasteiger partial charge in [0.1, 0.15) is 12.4 Å². The summed E-state index contributed by atoms with van der Waals surface area (Å²) in [6, 6.07) is 4.25. The summed E-state index contributed by atoms with van der Waals surface area (Å²) in [6.45, 7) is 14.0. The maximum absolute atomic E-state index is 5.62. The topological polar surface area (TPSA) is 71.3 Å². The minimum atomic E-state index is 0. The number of halogens is 1. The van der Waals surface area contributed by atoms with Gasteiger partial charge in [-0.3, -0.25) is 9.89 Å². The number of hydrogen-bond donors (Lipinski definition) is 2. The maximum atomic E-state index is 5.62. The van der Waals surface area contributed by atoms with Crippen molar-refractivity contribution in [2.45, 2.75) is 39.8 Å². The molecule has 162 valence electrons. The summed E-state index contributed by atoms with van der Waals surface area (Å²) in [5, 5.41) is 6.74. The number of hydrogen-bond acceptors (Lipinski definition) is 5. The summed E-state index contributed by atoms with van der Waals surface area (Å²) in [4.78, 5) is 7.33. The monoisotopic (exact) mass is 508 g/mol. The second-order valence-corrected chi connectivity index (χ2v) is 7.09. The van der Waals surface area contributed by atoms with E-state index in [4.69, 9.17) is 18.9 Å². The van der Waals surface area contributed by atoms with Crippen molar-refractivity contribution in [2.24, 2.45) is 10.9 Å². The van der Waals surface area contributed by atoms with Crippen molar-refractivity contribution in [1.29, 1.82) is 0 Å². The van der Waals surface area contributed by atoms with Crippen LogP contribution in [-0.4, -0.2) is 69.4 Å². The number of furan rings is 1. The lowest BCUT2D eigenvalue weighted by molar-refractivity contribution is 0.00867. The Labute approximate surface area is 186 Å². The van der Waals surface area contributed by atoms with E-state index in [-0.39, 0.29) is 24.0 Å². The Morgan fingerprint density at radius 3 is 2.71 bits per heavy atom. The van der Waals surface area contributed by atoms with E-state index in [0.29, 0.717) is 25.2 Å². The van der Waals surface area contributed by atoms with Gasteiger partial charge in [-0.05, 0) is 31.4 Å². The van der Waals surface area contributed by atoms with Gasteiger partial charge >= 0.3 is 0 Å². The van der Waals surface area contributed by atoms with E-state index in [0.717, 1.165) is 64.1 Å². The van der Waals surface area contributed by atoms with Crippen molar-refractivity contribution in [1.82, 2.24) is 15.5 Å². The molecule has 0 bridgehead atoms. The predicted molar refractivity (Wildman–Crippen MR) is 123 cm³/mol. The lowest BCUT2D eigenvalue weighted by atomic mass is 10.0. The van der Waals surface area contributed by atoms with Crippen molar-refractivity contribution >= 4 is 29.9 Å². The van der Waals surface area contributed by atoms with Gasteiger partial charge in [0.15, 0.2) is 5.96 Å². The highest BCUT2D eigenvalue weighted by atomic mass is 127. The lowest BCUT2D eigenvalue weighted by Crippen LogP contribution is -2.48. The number of nitrogens with zero attached hydrogens (tertiary/aromatic N) is 2. The molecule has 8 heteroatoms. The molecule has 0 radical (unpaired) electrons. The van der Waals surface area contributed by atoms with Gasteiger partial charge in [0.05, 0.1) is 26.0 Å². The average molecular weight is 508 g/mol. The molecule has 1 unspecified atom stereocenters. The smallest absolute Gasteiger partial charge is 0.191 e. The minimum absolute atomic E-state index is 0. The van der Waals surface area contributed by atoms with Crippen LogP contribution in [0.2, 0.25) is 0 Å². The van der Waals surface area contributed by atoms with Crippen LogP contribution >= 0.6 is 24.0 Å². The molecule has 0 aliphatic carbocycles. The third-order valence-electron chi connectivity index (χ3n) is 4.65. The summed E-state index contributed by atoms with van der Waals surface area (Å²) in [5.41, 5.74) is 0. The fourth-order valence-electron chi connectivity index (χ4n) is 3.13. The average Bonchev–Trinajstić information content (AvgIpc) is 3.18. The third-order valence-corrected chi connectivity index (χ3v) is 4.65. The number of aliphatic imine (C=N–C) groups is 1. The number of rotatable bonds is 11.